The normalized spacial score (nSPS) is 11.8. The highest BCUT2D eigenvalue weighted by Crippen LogP contribution is 2.25. The van der Waals surface area contributed by atoms with E-state index in [9.17, 15) is 9.59 Å². The number of amides is 2. The van der Waals surface area contributed by atoms with E-state index in [0.29, 0.717) is 11.3 Å². The van der Waals surface area contributed by atoms with Gasteiger partial charge in [-0.15, -0.1) is 0 Å². The molecule has 4 heteroatoms. The van der Waals surface area contributed by atoms with Crippen LogP contribution >= 0.6 is 0 Å². The Kier molecular flexibility index (Phi) is 5.03. The van der Waals surface area contributed by atoms with Crippen LogP contribution in [0.3, 0.4) is 0 Å². The summed E-state index contributed by atoms with van der Waals surface area (Å²) < 4.78 is 0. The van der Waals surface area contributed by atoms with Gasteiger partial charge in [0.15, 0.2) is 0 Å². The monoisotopic (exact) mass is 346 g/mol. The zero-order valence-electron chi connectivity index (χ0n) is 15.2. The summed E-state index contributed by atoms with van der Waals surface area (Å²) in [6, 6.07) is 19.4. The molecule has 0 aliphatic rings. The van der Waals surface area contributed by atoms with Gasteiger partial charge in [0.2, 0.25) is 5.91 Å². The second kappa shape index (κ2) is 7.40. The van der Waals surface area contributed by atoms with Gasteiger partial charge in [-0.05, 0) is 47.9 Å². The fourth-order valence-corrected chi connectivity index (χ4v) is 3.13. The molecule has 0 unspecified atom stereocenters. The lowest BCUT2D eigenvalue weighted by Gasteiger charge is -2.18. The van der Waals surface area contributed by atoms with E-state index in [1.54, 1.807) is 12.1 Å². The molecule has 0 radical (unpaired) electrons. The lowest BCUT2D eigenvalue weighted by molar-refractivity contribution is -0.114. The van der Waals surface area contributed by atoms with Crippen LogP contribution < -0.4 is 10.6 Å². The zero-order chi connectivity index (χ0) is 18.7. The van der Waals surface area contributed by atoms with Gasteiger partial charge < -0.3 is 10.6 Å². The van der Waals surface area contributed by atoms with Gasteiger partial charge in [-0.1, -0.05) is 48.5 Å². The van der Waals surface area contributed by atoms with Crippen molar-refractivity contribution in [2.75, 3.05) is 5.32 Å². The first-order chi connectivity index (χ1) is 12.5. The van der Waals surface area contributed by atoms with Crippen molar-refractivity contribution in [2.45, 2.75) is 26.8 Å². The molecule has 2 N–H and O–H groups in total. The number of benzene rings is 3. The Labute approximate surface area is 153 Å². The number of hydrogen-bond donors (Lipinski definition) is 2. The van der Waals surface area contributed by atoms with Crippen molar-refractivity contribution in [1.29, 1.82) is 0 Å². The Balaban J connectivity index is 1.86. The number of carbonyl (C=O) groups excluding carboxylic acids is 2. The summed E-state index contributed by atoms with van der Waals surface area (Å²) in [5.41, 5.74) is 3.11. The summed E-state index contributed by atoms with van der Waals surface area (Å²) in [4.78, 5) is 24.1. The molecule has 0 fully saturated rings. The molecule has 26 heavy (non-hydrogen) atoms. The number of aryl methyl sites for hydroxylation is 1. The maximum absolute atomic E-state index is 12.8. The lowest BCUT2D eigenvalue weighted by atomic mass is 9.99. The Bertz CT molecular complexity index is 974. The fraction of sp³-hybridized carbons (Fsp3) is 0.182. The van der Waals surface area contributed by atoms with E-state index in [1.165, 1.54) is 6.92 Å². The molecule has 3 aromatic carbocycles. The number of nitrogens with one attached hydrogen (secondary N) is 2. The Morgan fingerprint density at radius 3 is 2.46 bits per heavy atom. The first-order valence-electron chi connectivity index (χ1n) is 8.62. The molecule has 0 aromatic heterocycles. The minimum absolute atomic E-state index is 0.141. The zero-order valence-corrected chi connectivity index (χ0v) is 15.2. The largest absolute Gasteiger partial charge is 0.345 e. The summed E-state index contributed by atoms with van der Waals surface area (Å²) in [7, 11) is 0. The van der Waals surface area contributed by atoms with E-state index in [4.69, 9.17) is 0 Å². The third kappa shape index (κ3) is 3.75. The SMILES string of the molecule is CC(=O)Nc1ccc(C)c(C(=O)N[C@H](C)c2cccc3ccccc23)c1. The Hall–Kier alpha value is -3.14. The van der Waals surface area contributed by atoms with E-state index in [0.717, 1.165) is 21.9 Å². The molecule has 2 amide bonds. The van der Waals surface area contributed by atoms with Crippen molar-refractivity contribution in [3.05, 3.63) is 77.4 Å². The van der Waals surface area contributed by atoms with Crippen molar-refractivity contribution in [3.63, 3.8) is 0 Å². The average molecular weight is 346 g/mol. The minimum atomic E-state index is -0.163. The predicted molar refractivity (Wildman–Crippen MR) is 105 cm³/mol. The van der Waals surface area contributed by atoms with Crippen molar-refractivity contribution in [1.82, 2.24) is 5.32 Å². The number of anilines is 1. The summed E-state index contributed by atoms with van der Waals surface area (Å²) in [5.74, 6) is -0.320. The summed E-state index contributed by atoms with van der Waals surface area (Å²) in [6.07, 6.45) is 0. The number of hydrogen-bond acceptors (Lipinski definition) is 2. The van der Waals surface area contributed by atoms with Gasteiger partial charge in [-0.2, -0.15) is 0 Å². The highest BCUT2D eigenvalue weighted by Gasteiger charge is 2.16. The molecule has 0 aliphatic heterocycles. The molecular weight excluding hydrogens is 324 g/mol. The second-order valence-corrected chi connectivity index (χ2v) is 6.47. The van der Waals surface area contributed by atoms with Gasteiger partial charge in [-0.3, -0.25) is 9.59 Å². The maximum atomic E-state index is 12.8. The quantitative estimate of drug-likeness (QED) is 0.725. The van der Waals surface area contributed by atoms with Crippen LogP contribution in [-0.2, 0) is 4.79 Å². The molecule has 0 saturated carbocycles. The minimum Gasteiger partial charge on any atom is -0.345 e. The van der Waals surface area contributed by atoms with Gasteiger partial charge in [0, 0.05) is 18.2 Å². The fourth-order valence-electron chi connectivity index (χ4n) is 3.13. The maximum Gasteiger partial charge on any atom is 0.252 e. The van der Waals surface area contributed by atoms with E-state index in [-0.39, 0.29) is 17.9 Å². The van der Waals surface area contributed by atoms with Crippen LogP contribution in [0.25, 0.3) is 10.8 Å². The molecule has 3 rings (SSSR count). The summed E-state index contributed by atoms with van der Waals surface area (Å²) in [6.45, 7) is 5.31. The molecule has 0 aliphatic carbocycles. The molecule has 132 valence electrons. The van der Waals surface area contributed by atoms with Gasteiger partial charge in [0.05, 0.1) is 6.04 Å². The third-order valence-corrected chi connectivity index (χ3v) is 4.44. The average Bonchev–Trinajstić information content (AvgIpc) is 2.62. The molecule has 0 heterocycles. The van der Waals surface area contributed by atoms with Crippen LogP contribution in [0.15, 0.2) is 60.7 Å². The topological polar surface area (TPSA) is 58.2 Å². The smallest absolute Gasteiger partial charge is 0.252 e. The van der Waals surface area contributed by atoms with Gasteiger partial charge in [0.25, 0.3) is 5.91 Å². The summed E-state index contributed by atoms with van der Waals surface area (Å²) >= 11 is 0. The van der Waals surface area contributed by atoms with E-state index >= 15 is 0 Å². The van der Waals surface area contributed by atoms with Crippen molar-refractivity contribution < 1.29 is 9.59 Å². The third-order valence-electron chi connectivity index (χ3n) is 4.44. The van der Waals surface area contributed by atoms with Crippen molar-refractivity contribution in [2.24, 2.45) is 0 Å². The lowest BCUT2D eigenvalue weighted by Crippen LogP contribution is -2.27. The van der Waals surface area contributed by atoms with E-state index < -0.39 is 0 Å². The van der Waals surface area contributed by atoms with Crippen LogP contribution in [0.2, 0.25) is 0 Å². The first-order valence-corrected chi connectivity index (χ1v) is 8.62. The van der Waals surface area contributed by atoms with Crippen LogP contribution in [-0.4, -0.2) is 11.8 Å². The molecule has 4 nitrogen and oxygen atoms in total. The highest BCUT2D eigenvalue weighted by atomic mass is 16.2. The Morgan fingerprint density at radius 1 is 0.962 bits per heavy atom. The molecule has 1 atom stereocenters. The van der Waals surface area contributed by atoms with Crippen molar-refractivity contribution in [3.8, 4) is 0 Å². The molecule has 0 bridgehead atoms. The van der Waals surface area contributed by atoms with Crippen LogP contribution in [0.1, 0.15) is 41.4 Å². The second-order valence-electron chi connectivity index (χ2n) is 6.47. The standard InChI is InChI=1S/C22H22N2O2/c1-14-11-12-18(24-16(3)25)13-21(14)22(26)23-15(2)19-10-6-8-17-7-4-5-9-20(17)19/h4-13,15H,1-3H3,(H,23,26)(H,24,25)/t15-/m1/s1. The van der Waals surface area contributed by atoms with Crippen LogP contribution in [0.4, 0.5) is 5.69 Å². The molecule has 0 spiro atoms. The number of fused-ring (bicyclic) bond motifs is 1. The number of carbonyl (C=O) groups is 2. The predicted octanol–water partition coefficient (Wildman–Crippen LogP) is 4.60. The molecule has 3 aromatic rings. The van der Waals surface area contributed by atoms with Gasteiger partial charge >= 0.3 is 0 Å². The molecular formula is C22H22N2O2. The highest BCUT2D eigenvalue weighted by molar-refractivity contribution is 5.98. The van der Waals surface area contributed by atoms with E-state index in [2.05, 4.69) is 28.8 Å². The Morgan fingerprint density at radius 2 is 1.69 bits per heavy atom. The first kappa shape index (κ1) is 17.7. The van der Waals surface area contributed by atoms with Crippen molar-refractivity contribution >= 4 is 28.3 Å². The van der Waals surface area contributed by atoms with Crippen LogP contribution in [0.5, 0.6) is 0 Å². The number of rotatable bonds is 4. The molecule has 0 saturated heterocycles. The van der Waals surface area contributed by atoms with E-state index in [1.807, 2.05) is 44.2 Å². The van der Waals surface area contributed by atoms with Gasteiger partial charge in [0.1, 0.15) is 0 Å². The van der Waals surface area contributed by atoms with Gasteiger partial charge in [-0.25, -0.2) is 0 Å². The summed E-state index contributed by atoms with van der Waals surface area (Å²) in [5, 5.41) is 8.07. The van der Waals surface area contributed by atoms with Crippen LogP contribution in [0, 0.1) is 6.92 Å².